The molecule has 0 aromatic heterocycles. The van der Waals surface area contributed by atoms with Gasteiger partial charge in [0.1, 0.15) is 0 Å². The molecular weight excluding hydrogens is 208 g/mol. The number of methoxy groups -OCH3 is 1. The molecule has 0 radical (unpaired) electrons. The summed E-state index contributed by atoms with van der Waals surface area (Å²) in [5.74, 6) is -0.907. The Hall–Kier alpha value is -1.39. The molecule has 0 unspecified atom stereocenters. The van der Waals surface area contributed by atoms with Crippen LogP contribution in [0.15, 0.2) is 18.2 Å². The quantitative estimate of drug-likeness (QED) is 0.749. The van der Waals surface area contributed by atoms with E-state index in [0.29, 0.717) is 25.4 Å². The van der Waals surface area contributed by atoms with Gasteiger partial charge in [0.2, 0.25) is 0 Å². The van der Waals surface area contributed by atoms with E-state index in [0.717, 1.165) is 11.1 Å². The van der Waals surface area contributed by atoms with Crippen LogP contribution < -0.4 is 0 Å². The number of ether oxygens (including phenoxy) is 2. The molecule has 1 N–H and O–H groups in total. The van der Waals surface area contributed by atoms with E-state index < -0.39 is 5.97 Å². The van der Waals surface area contributed by atoms with Crippen LogP contribution in [0.1, 0.15) is 21.5 Å². The number of hydrogen-bond acceptors (Lipinski definition) is 3. The maximum Gasteiger partial charge on any atom is 0.335 e. The van der Waals surface area contributed by atoms with Crippen LogP contribution in [0, 0.1) is 6.92 Å². The van der Waals surface area contributed by atoms with Crippen molar-refractivity contribution < 1.29 is 19.4 Å². The van der Waals surface area contributed by atoms with Crippen molar-refractivity contribution in [2.24, 2.45) is 0 Å². The summed E-state index contributed by atoms with van der Waals surface area (Å²) in [5.41, 5.74) is 2.23. The normalized spacial score (nSPS) is 10.4. The first-order valence-corrected chi connectivity index (χ1v) is 5.04. The summed E-state index contributed by atoms with van der Waals surface area (Å²) in [4.78, 5) is 10.7. The van der Waals surface area contributed by atoms with Gasteiger partial charge >= 0.3 is 5.97 Å². The molecule has 0 spiro atoms. The molecular formula is C12H16O4. The van der Waals surface area contributed by atoms with Crippen LogP contribution in [-0.4, -0.2) is 31.4 Å². The van der Waals surface area contributed by atoms with E-state index in [2.05, 4.69) is 0 Å². The Morgan fingerprint density at radius 1 is 1.38 bits per heavy atom. The highest BCUT2D eigenvalue weighted by Gasteiger charge is 2.05. The minimum Gasteiger partial charge on any atom is -0.478 e. The second kappa shape index (κ2) is 6.25. The van der Waals surface area contributed by atoms with Crippen molar-refractivity contribution in [2.75, 3.05) is 20.3 Å². The molecule has 4 heteroatoms. The Labute approximate surface area is 94.8 Å². The lowest BCUT2D eigenvalue weighted by Gasteiger charge is -2.07. The van der Waals surface area contributed by atoms with E-state index in [1.54, 1.807) is 25.3 Å². The van der Waals surface area contributed by atoms with E-state index in [4.69, 9.17) is 14.6 Å². The van der Waals surface area contributed by atoms with Crippen molar-refractivity contribution in [1.29, 1.82) is 0 Å². The summed E-state index contributed by atoms with van der Waals surface area (Å²) in [6.07, 6.45) is 0. The molecule has 0 heterocycles. The molecule has 1 aromatic rings. The van der Waals surface area contributed by atoms with Gasteiger partial charge in [-0.3, -0.25) is 0 Å². The highest BCUT2D eigenvalue weighted by molar-refractivity contribution is 5.87. The van der Waals surface area contributed by atoms with E-state index >= 15 is 0 Å². The van der Waals surface area contributed by atoms with Crippen molar-refractivity contribution in [3.05, 3.63) is 34.9 Å². The first-order valence-electron chi connectivity index (χ1n) is 5.04. The van der Waals surface area contributed by atoms with Crippen LogP contribution in [0.3, 0.4) is 0 Å². The number of carbonyl (C=O) groups is 1. The fraction of sp³-hybridized carbons (Fsp3) is 0.417. The molecule has 0 aliphatic rings. The Balaban J connectivity index is 2.57. The van der Waals surface area contributed by atoms with E-state index in [-0.39, 0.29) is 0 Å². The van der Waals surface area contributed by atoms with Crippen molar-refractivity contribution in [3.8, 4) is 0 Å². The van der Waals surface area contributed by atoms with Gasteiger partial charge in [-0.15, -0.1) is 0 Å². The predicted molar refractivity (Wildman–Crippen MR) is 59.7 cm³/mol. The molecule has 1 rings (SSSR count). The molecule has 16 heavy (non-hydrogen) atoms. The first kappa shape index (κ1) is 12.7. The Kier molecular flexibility index (Phi) is 4.95. The average Bonchev–Trinajstić information content (AvgIpc) is 2.26. The summed E-state index contributed by atoms with van der Waals surface area (Å²) in [7, 11) is 1.62. The summed E-state index contributed by atoms with van der Waals surface area (Å²) in [6.45, 7) is 3.46. The molecule has 0 aliphatic carbocycles. The minimum atomic E-state index is -0.907. The van der Waals surface area contributed by atoms with Crippen molar-refractivity contribution in [1.82, 2.24) is 0 Å². The van der Waals surface area contributed by atoms with Crippen LogP contribution in [0.4, 0.5) is 0 Å². The van der Waals surface area contributed by atoms with Crippen LogP contribution >= 0.6 is 0 Å². The molecule has 0 bridgehead atoms. The monoisotopic (exact) mass is 224 g/mol. The van der Waals surface area contributed by atoms with Gasteiger partial charge in [-0.2, -0.15) is 0 Å². The molecule has 0 aliphatic heterocycles. The third-order valence-electron chi connectivity index (χ3n) is 2.28. The number of aromatic carboxylic acids is 1. The molecule has 88 valence electrons. The molecule has 0 amide bonds. The van der Waals surface area contributed by atoms with Crippen LogP contribution in [0.5, 0.6) is 0 Å². The van der Waals surface area contributed by atoms with Gasteiger partial charge in [-0.1, -0.05) is 6.07 Å². The lowest BCUT2D eigenvalue weighted by atomic mass is 10.1. The van der Waals surface area contributed by atoms with Gasteiger partial charge in [-0.25, -0.2) is 4.79 Å². The zero-order valence-electron chi connectivity index (χ0n) is 9.53. The third kappa shape index (κ3) is 3.64. The minimum absolute atomic E-state index is 0.304. The fourth-order valence-corrected chi connectivity index (χ4v) is 1.32. The largest absolute Gasteiger partial charge is 0.478 e. The van der Waals surface area contributed by atoms with E-state index in [9.17, 15) is 4.79 Å². The third-order valence-corrected chi connectivity index (χ3v) is 2.28. The number of aryl methyl sites for hydroxylation is 1. The summed E-state index contributed by atoms with van der Waals surface area (Å²) < 4.78 is 10.2. The molecule has 0 atom stereocenters. The SMILES string of the molecule is COCCOCc1ccc(C(=O)O)cc1C. The average molecular weight is 224 g/mol. The first-order chi connectivity index (χ1) is 7.65. The lowest BCUT2D eigenvalue weighted by Crippen LogP contribution is -2.04. The zero-order chi connectivity index (χ0) is 12.0. The van der Waals surface area contributed by atoms with Gasteiger partial charge in [0.25, 0.3) is 0 Å². The van der Waals surface area contributed by atoms with Crippen LogP contribution in [0.25, 0.3) is 0 Å². The number of rotatable bonds is 6. The highest BCUT2D eigenvalue weighted by Crippen LogP contribution is 2.12. The maximum atomic E-state index is 10.7. The van der Waals surface area contributed by atoms with Crippen molar-refractivity contribution in [2.45, 2.75) is 13.5 Å². The Morgan fingerprint density at radius 2 is 2.12 bits per heavy atom. The molecule has 0 saturated heterocycles. The molecule has 4 nitrogen and oxygen atoms in total. The zero-order valence-corrected chi connectivity index (χ0v) is 9.53. The number of carboxylic acid groups (broad SMARTS) is 1. The smallest absolute Gasteiger partial charge is 0.335 e. The second-order valence-electron chi connectivity index (χ2n) is 3.49. The van der Waals surface area contributed by atoms with Crippen LogP contribution in [-0.2, 0) is 16.1 Å². The Bertz CT molecular complexity index is 360. The maximum absolute atomic E-state index is 10.7. The number of benzene rings is 1. The van der Waals surface area contributed by atoms with E-state index in [1.807, 2.05) is 6.92 Å². The summed E-state index contributed by atoms with van der Waals surface area (Å²) in [6, 6.07) is 5.02. The predicted octanol–water partition coefficient (Wildman–Crippen LogP) is 1.86. The van der Waals surface area contributed by atoms with Gasteiger partial charge in [-0.05, 0) is 30.2 Å². The van der Waals surface area contributed by atoms with Gasteiger partial charge in [0.05, 0.1) is 25.4 Å². The second-order valence-corrected chi connectivity index (χ2v) is 3.49. The topological polar surface area (TPSA) is 55.8 Å². The van der Waals surface area contributed by atoms with Gasteiger partial charge in [0.15, 0.2) is 0 Å². The summed E-state index contributed by atoms with van der Waals surface area (Å²) >= 11 is 0. The summed E-state index contributed by atoms with van der Waals surface area (Å²) in [5, 5.41) is 8.80. The van der Waals surface area contributed by atoms with Gasteiger partial charge in [0, 0.05) is 7.11 Å². The molecule has 0 saturated carbocycles. The fourth-order valence-electron chi connectivity index (χ4n) is 1.32. The lowest BCUT2D eigenvalue weighted by molar-refractivity contribution is 0.0614. The Morgan fingerprint density at radius 3 is 2.69 bits per heavy atom. The molecule has 0 fully saturated rings. The standard InChI is InChI=1S/C12H16O4/c1-9-7-10(12(13)14)3-4-11(9)8-16-6-5-15-2/h3-4,7H,5-6,8H2,1-2H3,(H,13,14). The highest BCUT2D eigenvalue weighted by atomic mass is 16.5. The van der Waals surface area contributed by atoms with Crippen molar-refractivity contribution in [3.63, 3.8) is 0 Å². The number of carboxylic acids is 1. The van der Waals surface area contributed by atoms with Crippen molar-refractivity contribution >= 4 is 5.97 Å². The van der Waals surface area contributed by atoms with Crippen LogP contribution in [0.2, 0.25) is 0 Å². The molecule has 1 aromatic carbocycles. The number of hydrogen-bond donors (Lipinski definition) is 1. The van der Waals surface area contributed by atoms with E-state index in [1.165, 1.54) is 0 Å². The van der Waals surface area contributed by atoms with Gasteiger partial charge < -0.3 is 14.6 Å².